The van der Waals surface area contributed by atoms with Crippen LogP contribution in [0.15, 0.2) is 30.3 Å². The van der Waals surface area contributed by atoms with Crippen LogP contribution in [-0.4, -0.2) is 43.3 Å². The molecule has 22 heavy (non-hydrogen) atoms. The Morgan fingerprint density at radius 1 is 1.36 bits per heavy atom. The van der Waals surface area contributed by atoms with Crippen LogP contribution in [0.2, 0.25) is 5.02 Å². The van der Waals surface area contributed by atoms with Crippen molar-refractivity contribution in [3.8, 4) is 11.3 Å². The molecular formula is C14H15ClN2O4S. The van der Waals surface area contributed by atoms with Crippen LogP contribution in [0.4, 0.5) is 0 Å². The smallest absolute Gasteiger partial charge is 0.358 e. The first-order valence-corrected chi connectivity index (χ1v) is 8.84. The molecule has 0 fully saturated rings. The molecule has 0 aliphatic carbocycles. The molecule has 1 aromatic heterocycles. The van der Waals surface area contributed by atoms with Gasteiger partial charge < -0.3 is 4.74 Å². The van der Waals surface area contributed by atoms with Crippen molar-refractivity contribution in [2.75, 3.05) is 19.1 Å². The Kier molecular flexibility index (Phi) is 4.87. The summed E-state index contributed by atoms with van der Waals surface area (Å²) in [6.07, 6.45) is 1.15. The van der Waals surface area contributed by atoms with Gasteiger partial charge in [-0.2, -0.15) is 5.10 Å². The zero-order chi connectivity index (χ0) is 16.3. The van der Waals surface area contributed by atoms with Crippen LogP contribution in [0.1, 0.15) is 10.5 Å². The normalized spacial score (nSPS) is 11.4. The number of carbonyl (C=O) groups is 1. The molecule has 2 aromatic rings. The van der Waals surface area contributed by atoms with Crippen LogP contribution in [0.25, 0.3) is 11.3 Å². The maximum Gasteiger partial charge on any atom is 0.358 e. The highest BCUT2D eigenvalue weighted by molar-refractivity contribution is 7.90. The zero-order valence-corrected chi connectivity index (χ0v) is 13.7. The molecule has 0 spiro atoms. The first-order chi connectivity index (χ1) is 10.3. The Balaban J connectivity index is 2.45. The van der Waals surface area contributed by atoms with E-state index in [-0.39, 0.29) is 18.0 Å². The van der Waals surface area contributed by atoms with Crippen molar-refractivity contribution in [2.45, 2.75) is 6.54 Å². The maximum atomic E-state index is 11.6. The van der Waals surface area contributed by atoms with Crippen LogP contribution in [0.5, 0.6) is 0 Å². The summed E-state index contributed by atoms with van der Waals surface area (Å²) in [6.45, 7) is 0.137. The second-order valence-electron chi connectivity index (χ2n) is 4.77. The molecule has 6 nitrogen and oxygen atoms in total. The van der Waals surface area contributed by atoms with Crippen molar-refractivity contribution in [1.82, 2.24) is 9.78 Å². The molecule has 0 bridgehead atoms. The van der Waals surface area contributed by atoms with E-state index < -0.39 is 15.8 Å². The summed E-state index contributed by atoms with van der Waals surface area (Å²) in [6, 6.07) is 8.57. The lowest BCUT2D eigenvalue weighted by molar-refractivity contribution is 0.0593. The Bertz CT molecular complexity index is 799. The fraction of sp³-hybridized carbons (Fsp3) is 0.286. The Morgan fingerprint density at radius 2 is 2.09 bits per heavy atom. The van der Waals surface area contributed by atoms with E-state index >= 15 is 0 Å². The van der Waals surface area contributed by atoms with Crippen molar-refractivity contribution < 1.29 is 17.9 Å². The molecule has 0 N–H and O–H groups in total. The van der Waals surface area contributed by atoms with Crippen LogP contribution < -0.4 is 0 Å². The third-order valence-electron chi connectivity index (χ3n) is 2.97. The van der Waals surface area contributed by atoms with Crippen LogP contribution in [0.3, 0.4) is 0 Å². The van der Waals surface area contributed by atoms with Gasteiger partial charge in [0.15, 0.2) is 5.69 Å². The van der Waals surface area contributed by atoms with E-state index in [4.69, 9.17) is 11.6 Å². The molecule has 0 saturated carbocycles. The first kappa shape index (κ1) is 16.5. The second kappa shape index (κ2) is 6.50. The summed E-state index contributed by atoms with van der Waals surface area (Å²) in [5.74, 6) is -0.663. The van der Waals surface area contributed by atoms with Crippen molar-refractivity contribution >= 4 is 27.4 Å². The number of methoxy groups -OCH3 is 1. The van der Waals surface area contributed by atoms with Crippen molar-refractivity contribution in [3.05, 3.63) is 41.0 Å². The summed E-state index contributed by atoms with van der Waals surface area (Å²) in [5, 5.41) is 4.66. The quantitative estimate of drug-likeness (QED) is 0.777. The number of nitrogens with zero attached hydrogens (tertiary/aromatic N) is 2. The standard InChI is InChI=1S/C14H15ClN2O4S/c1-21-14(18)12-9-13(10-4-3-5-11(15)8-10)17(16-12)6-7-22(2,19)20/h3-5,8-9H,6-7H2,1-2H3. The predicted molar refractivity (Wildman–Crippen MR) is 83.7 cm³/mol. The van der Waals surface area contributed by atoms with Gasteiger partial charge in [-0.3, -0.25) is 4.68 Å². The molecule has 0 aliphatic heterocycles. The van der Waals surface area contributed by atoms with Crippen molar-refractivity contribution in [1.29, 1.82) is 0 Å². The van der Waals surface area contributed by atoms with Gasteiger partial charge in [0.25, 0.3) is 0 Å². The molecule has 0 atom stereocenters. The summed E-state index contributed by atoms with van der Waals surface area (Å²) in [4.78, 5) is 11.6. The molecule has 1 heterocycles. The number of aromatic nitrogens is 2. The van der Waals surface area contributed by atoms with E-state index in [1.807, 2.05) is 0 Å². The van der Waals surface area contributed by atoms with Gasteiger partial charge in [0.2, 0.25) is 0 Å². The highest BCUT2D eigenvalue weighted by Crippen LogP contribution is 2.24. The third kappa shape index (κ3) is 4.08. The minimum Gasteiger partial charge on any atom is -0.464 e. The molecule has 2 rings (SSSR count). The largest absolute Gasteiger partial charge is 0.464 e. The van der Waals surface area contributed by atoms with E-state index in [0.29, 0.717) is 10.7 Å². The van der Waals surface area contributed by atoms with Crippen molar-refractivity contribution in [3.63, 3.8) is 0 Å². The first-order valence-electron chi connectivity index (χ1n) is 6.40. The summed E-state index contributed by atoms with van der Waals surface area (Å²) >= 11 is 5.98. The Labute approximate surface area is 133 Å². The van der Waals surface area contributed by atoms with Gasteiger partial charge in [-0.15, -0.1) is 0 Å². The molecule has 118 valence electrons. The van der Waals surface area contributed by atoms with Gasteiger partial charge in [0.05, 0.1) is 25.1 Å². The summed E-state index contributed by atoms with van der Waals surface area (Å²) in [5.41, 5.74) is 1.46. The maximum absolute atomic E-state index is 11.6. The summed E-state index contributed by atoms with van der Waals surface area (Å²) < 4.78 is 28.8. The molecule has 0 aliphatic rings. The van der Waals surface area contributed by atoms with Gasteiger partial charge in [-0.05, 0) is 18.2 Å². The lowest BCUT2D eigenvalue weighted by atomic mass is 10.1. The number of aryl methyl sites for hydroxylation is 1. The van der Waals surface area contributed by atoms with Gasteiger partial charge in [0.1, 0.15) is 9.84 Å². The van der Waals surface area contributed by atoms with Crippen LogP contribution in [0, 0.1) is 0 Å². The molecule has 0 saturated heterocycles. The number of hydrogen-bond acceptors (Lipinski definition) is 5. The molecule has 0 radical (unpaired) electrons. The van der Waals surface area contributed by atoms with E-state index in [1.165, 1.54) is 11.8 Å². The minimum atomic E-state index is -3.15. The molecule has 0 amide bonds. The molecule has 8 heteroatoms. The molecule has 0 unspecified atom stereocenters. The Hall–Kier alpha value is -1.86. The van der Waals surface area contributed by atoms with E-state index in [0.717, 1.165) is 11.8 Å². The number of halogens is 1. The number of hydrogen-bond donors (Lipinski definition) is 0. The highest BCUT2D eigenvalue weighted by Gasteiger charge is 2.17. The lowest BCUT2D eigenvalue weighted by Gasteiger charge is -2.07. The van der Waals surface area contributed by atoms with Gasteiger partial charge in [-0.25, -0.2) is 13.2 Å². The van der Waals surface area contributed by atoms with Crippen molar-refractivity contribution in [2.24, 2.45) is 0 Å². The van der Waals surface area contributed by atoms with Gasteiger partial charge >= 0.3 is 5.97 Å². The SMILES string of the molecule is COC(=O)c1cc(-c2cccc(Cl)c2)n(CCS(C)(=O)=O)n1. The van der Waals surface area contributed by atoms with Gasteiger partial charge in [0, 0.05) is 16.8 Å². The van der Waals surface area contributed by atoms with Gasteiger partial charge in [-0.1, -0.05) is 23.7 Å². The lowest BCUT2D eigenvalue weighted by Crippen LogP contribution is -2.14. The fourth-order valence-corrected chi connectivity index (χ4v) is 2.62. The average molecular weight is 343 g/mol. The van der Waals surface area contributed by atoms with Crippen LogP contribution >= 0.6 is 11.6 Å². The van der Waals surface area contributed by atoms with E-state index in [2.05, 4.69) is 9.84 Å². The molecular weight excluding hydrogens is 328 g/mol. The Morgan fingerprint density at radius 3 is 2.68 bits per heavy atom. The number of carbonyl (C=O) groups excluding carboxylic acids is 1. The topological polar surface area (TPSA) is 78.3 Å². The minimum absolute atomic E-state index is 0.0805. The van der Waals surface area contributed by atoms with E-state index in [9.17, 15) is 13.2 Å². The summed E-state index contributed by atoms with van der Waals surface area (Å²) in [7, 11) is -1.89. The highest BCUT2D eigenvalue weighted by atomic mass is 35.5. The second-order valence-corrected chi connectivity index (χ2v) is 7.47. The third-order valence-corrected chi connectivity index (χ3v) is 4.13. The zero-order valence-electron chi connectivity index (χ0n) is 12.1. The fourth-order valence-electron chi connectivity index (χ4n) is 1.92. The average Bonchev–Trinajstić information content (AvgIpc) is 2.88. The predicted octanol–water partition coefficient (Wildman–Crippen LogP) is 2.03. The number of rotatable bonds is 5. The monoisotopic (exact) mass is 342 g/mol. The number of benzene rings is 1. The van der Waals surface area contributed by atoms with E-state index in [1.54, 1.807) is 30.3 Å². The number of esters is 1. The van der Waals surface area contributed by atoms with Crippen LogP contribution in [-0.2, 0) is 21.1 Å². The molecule has 1 aromatic carbocycles. The number of sulfone groups is 1. The number of ether oxygens (including phenoxy) is 1.